The van der Waals surface area contributed by atoms with Crippen molar-refractivity contribution in [2.75, 3.05) is 0 Å². The number of pyridine rings is 1. The number of benzene rings is 2. The number of rotatable bonds is 1. The summed E-state index contributed by atoms with van der Waals surface area (Å²) in [5.74, 6) is 2.02. The highest BCUT2D eigenvalue weighted by molar-refractivity contribution is 6.05. The Hall–Kier alpha value is -2.35. The van der Waals surface area contributed by atoms with Crippen molar-refractivity contribution in [1.82, 2.24) is 0 Å². The van der Waals surface area contributed by atoms with Gasteiger partial charge in [-0.25, -0.2) is 0 Å². The van der Waals surface area contributed by atoms with E-state index in [0.717, 1.165) is 17.9 Å². The van der Waals surface area contributed by atoms with Crippen molar-refractivity contribution < 1.29 is 9.30 Å². The van der Waals surface area contributed by atoms with Crippen LogP contribution in [0.2, 0.25) is 0 Å². The van der Waals surface area contributed by atoms with Gasteiger partial charge >= 0.3 is 0 Å². The number of aryl methyl sites for hydroxylation is 2. The minimum Gasteiger partial charge on any atom is -0.449 e. The Bertz CT molecular complexity index is 1140. The van der Waals surface area contributed by atoms with Crippen LogP contribution in [-0.4, -0.2) is 0 Å². The Labute approximate surface area is 175 Å². The van der Waals surface area contributed by atoms with Gasteiger partial charge in [0.2, 0.25) is 5.75 Å². The number of fused-ring (bicyclic) bond motifs is 2. The highest BCUT2D eigenvalue weighted by Gasteiger charge is 2.35. The summed E-state index contributed by atoms with van der Waals surface area (Å²) >= 11 is 0. The average Bonchev–Trinajstić information content (AvgIpc) is 2.56. The minimum absolute atomic E-state index is 0.00964. The zero-order chi connectivity index (χ0) is 21.3. The Balaban J connectivity index is 2.11. The summed E-state index contributed by atoms with van der Waals surface area (Å²) in [5.41, 5.74) is 8.04. The molecular weight excluding hydrogens is 354 g/mol. The van der Waals surface area contributed by atoms with Gasteiger partial charge in [-0.05, 0) is 59.2 Å². The van der Waals surface area contributed by atoms with Crippen molar-refractivity contribution in [3.05, 3.63) is 52.7 Å². The maximum atomic E-state index is 6.72. The third kappa shape index (κ3) is 3.33. The normalized spacial score (nSPS) is 13.4. The van der Waals surface area contributed by atoms with Gasteiger partial charge in [0, 0.05) is 17.0 Å². The second kappa shape index (κ2) is 6.32. The Morgan fingerprint density at radius 1 is 0.966 bits per heavy atom. The van der Waals surface area contributed by atoms with E-state index in [1.165, 1.54) is 44.3 Å². The van der Waals surface area contributed by atoms with Crippen LogP contribution >= 0.6 is 0 Å². The summed E-state index contributed by atoms with van der Waals surface area (Å²) in [4.78, 5) is 0. The van der Waals surface area contributed by atoms with Gasteiger partial charge in [-0.2, -0.15) is 4.57 Å². The molecular formula is C27H34NO+. The van der Waals surface area contributed by atoms with E-state index in [0.29, 0.717) is 0 Å². The van der Waals surface area contributed by atoms with Crippen LogP contribution in [0.15, 0.2) is 30.5 Å². The Kier molecular flexibility index (Phi) is 4.35. The SMILES string of the molecule is Cc1cc2cc(CC(C)(C)C)cc3c2c(c1C)-c1c(c(C(C)(C)C)cc[n+]1C)O3. The molecule has 4 rings (SSSR count). The minimum atomic E-state index is 0.00964. The summed E-state index contributed by atoms with van der Waals surface area (Å²) in [7, 11) is 2.13. The molecule has 2 nitrogen and oxygen atoms in total. The standard InChI is InChI=1S/C27H34NO/c1-16-12-19-13-18(15-26(3,4)5)14-21-23(19)22(17(16)2)24-25(29-21)20(27(6,7)8)10-11-28(24)9/h10-14H,15H2,1-9H3/q+1. The van der Waals surface area contributed by atoms with Gasteiger partial charge in [0.15, 0.2) is 6.20 Å². The maximum absolute atomic E-state index is 6.72. The third-order valence-corrected chi connectivity index (χ3v) is 6.05. The molecule has 0 saturated carbocycles. The molecule has 1 aliphatic rings. The number of nitrogens with zero attached hydrogens (tertiary/aromatic N) is 1. The first-order valence-corrected chi connectivity index (χ1v) is 10.6. The second-order valence-electron chi connectivity index (χ2n) is 11.0. The highest BCUT2D eigenvalue weighted by atomic mass is 16.5. The van der Waals surface area contributed by atoms with Crippen molar-refractivity contribution in [2.45, 2.75) is 67.2 Å². The summed E-state index contributed by atoms with van der Waals surface area (Å²) < 4.78 is 8.94. The summed E-state index contributed by atoms with van der Waals surface area (Å²) in [6.45, 7) is 18.1. The maximum Gasteiger partial charge on any atom is 0.256 e. The van der Waals surface area contributed by atoms with Gasteiger partial charge in [-0.1, -0.05) is 53.7 Å². The van der Waals surface area contributed by atoms with E-state index < -0.39 is 0 Å². The molecule has 2 heterocycles. The monoisotopic (exact) mass is 388 g/mol. The number of ether oxygens (including phenoxy) is 1. The molecule has 152 valence electrons. The lowest BCUT2D eigenvalue weighted by molar-refractivity contribution is -0.660. The third-order valence-electron chi connectivity index (χ3n) is 6.05. The van der Waals surface area contributed by atoms with Crippen LogP contribution in [-0.2, 0) is 18.9 Å². The van der Waals surface area contributed by atoms with Gasteiger partial charge in [-0.15, -0.1) is 0 Å². The lowest BCUT2D eigenvalue weighted by Crippen LogP contribution is -2.34. The van der Waals surface area contributed by atoms with E-state index >= 15 is 0 Å². The molecule has 0 radical (unpaired) electrons. The molecule has 0 fully saturated rings. The predicted octanol–water partition coefficient (Wildman–Crippen LogP) is 6.94. The van der Waals surface area contributed by atoms with E-state index in [1.807, 2.05) is 0 Å². The van der Waals surface area contributed by atoms with E-state index in [2.05, 4.69) is 97.5 Å². The van der Waals surface area contributed by atoms with Crippen LogP contribution in [0.4, 0.5) is 0 Å². The first-order valence-electron chi connectivity index (χ1n) is 10.6. The van der Waals surface area contributed by atoms with Gasteiger partial charge in [0.1, 0.15) is 12.8 Å². The molecule has 0 bridgehead atoms. The average molecular weight is 389 g/mol. The number of aromatic nitrogens is 1. The largest absolute Gasteiger partial charge is 0.449 e. The van der Waals surface area contributed by atoms with E-state index in [4.69, 9.17) is 4.74 Å². The van der Waals surface area contributed by atoms with Crippen LogP contribution in [0, 0.1) is 19.3 Å². The van der Waals surface area contributed by atoms with Crippen LogP contribution in [0.5, 0.6) is 11.5 Å². The van der Waals surface area contributed by atoms with Crippen molar-refractivity contribution in [3.8, 4) is 22.8 Å². The van der Waals surface area contributed by atoms with Gasteiger partial charge in [-0.3, -0.25) is 0 Å². The van der Waals surface area contributed by atoms with Gasteiger partial charge in [0.25, 0.3) is 5.69 Å². The topological polar surface area (TPSA) is 13.1 Å². The van der Waals surface area contributed by atoms with Gasteiger partial charge < -0.3 is 4.74 Å². The fourth-order valence-corrected chi connectivity index (χ4v) is 4.61. The van der Waals surface area contributed by atoms with Crippen molar-refractivity contribution >= 4 is 10.8 Å². The van der Waals surface area contributed by atoms with Crippen LogP contribution < -0.4 is 9.30 Å². The molecule has 29 heavy (non-hydrogen) atoms. The van der Waals surface area contributed by atoms with E-state index in [1.54, 1.807) is 0 Å². The molecule has 2 aromatic carbocycles. The fraction of sp³-hybridized carbons (Fsp3) is 0.444. The Morgan fingerprint density at radius 2 is 1.66 bits per heavy atom. The first kappa shape index (κ1) is 19.9. The molecule has 3 aromatic rings. The molecule has 0 atom stereocenters. The van der Waals surface area contributed by atoms with E-state index in [9.17, 15) is 0 Å². The summed E-state index contributed by atoms with van der Waals surface area (Å²) in [6.07, 6.45) is 3.21. The predicted molar refractivity (Wildman–Crippen MR) is 122 cm³/mol. The molecule has 0 unspecified atom stereocenters. The summed E-state index contributed by atoms with van der Waals surface area (Å²) in [6, 6.07) is 9.17. The molecule has 0 spiro atoms. The second-order valence-corrected chi connectivity index (χ2v) is 11.0. The lowest BCUT2D eigenvalue weighted by atomic mass is 9.82. The summed E-state index contributed by atoms with van der Waals surface area (Å²) in [5, 5.41) is 2.53. The van der Waals surface area contributed by atoms with Crippen molar-refractivity contribution in [2.24, 2.45) is 12.5 Å². The molecule has 2 heteroatoms. The Morgan fingerprint density at radius 3 is 2.28 bits per heavy atom. The van der Waals surface area contributed by atoms with Crippen molar-refractivity contribution in [3.63, 3.8) is 0 Å². The quantitative estimate of drug-likeness (QED) is 0.322. The smallest absolute Gasteiger partial charge is 0.256 e. The molecule has 1 aliphatic heterocycles. The van der Waals surface area contributed by atoms with Gasteiger partial charge in [0.05, 0.1) is 5.56 Å². The van der Waals surface area contributed by atoms with Crippen LogP contribution in [0.3, 0.4) is 0 Å². The number of hydrogen-bond donors (Lipinski definition) is 0. The van der Waals surface area contributed by atoms with Crippen molar-refractivity contribution in [1.29, 1.82) is 0 Å². The first-order chi connectivity index (χ1) is 13.4. The zero-order valence-corrected chi connectivity index (χ0v) is 19.4. The highest BCUT2D eigenvalue weighted by Crippen LogP contribution is 2.50. The molecule has 0 N–H and O–H groups in total. The molecule has 1 aromatic heterocycles. The van der Waals surface area contributed by atoms with Crippen LogP contribution in [0.25, 0.3) is 22.0 Å². The molecule has 0 saturated heterocycles. The zero-order valence-electron chi connectivity index (χ0n) is 19.4. The van der Waals surface area contributed by atoms with Crippen LogP contribution in [0.1, 0.15) is 63.8 Å². The van der Waals surface area contributed by atoms with E-state index in [-0.39, 0.29) is 10.8 Å². The molecule has 0 aliphatic carbocycles. The number of hydrogen-bond acceptors (Lipinski definition) is 1. The fourth-order valence-electron chi connectivity index (χ4n) is 4.61. The lowest BCUT2D eigenvalue weighted by Gasteiger charge is -2.28. The molecule has 0 amide bonds.